The van der Waals surface area contributed by atoms with E-state index in [0.717, 1.165) is 5.56 Å². The van der Waals surface area contributed by atoms with Crippen molar-refractivity contribution in [1.29, 1.82) is 0 Å². The molecule has 7 nitrogen and oxygen atoms in total. The molecular weight excluding hydrogens is 363 g/mol. The molecule has 0 aliphatic rings. The van der Waals surface area contributed by atoms with Crippen molar-refractivity contribution in [2.24, 2.45) is 0 Å². The Kier molecular flexibility index (Phi) is 4.52. The molecule has 28 heavy (non-hydrogen) atoms. The average Bonchev–Trinajstić information content (AvgIpc) is 3.21. The number of hydrogen-bond donors (Lipinski definition) is 1. The number of benzene rings is 2. The number of fused-ring (bicyclic) bond motifs is 3. The van der Waals surface area contributed by atoms with E-state index in [1.807, 2.05) is 12.1 Å². The first kappa shape index (κ1) is 17.7. The third kappa shape index (κ3) is 3.09. The summed E-state index contributed by atoms with van der Waals surface area (Å²) in [5, 5.41) is 3.26. The van der Waals surface area contributed by atoms with E-state index in [1.54, 1.807) is 37.2 Å². The Morgan fingerprint density at radius 3 is 2.54 bits per heavy atom. The van der Waals surface area contributed by atoms with Crippen molar-refractivity contribution in [3.63, 3.8) is 0 Å². The van der Waals surface area contributed by atoms with Crippen LogP contribution in [0.3, 0.4) is 0 Å². The molecule has 0 bridgehead atoms. The molecule has 142 valence electrons. The van der Waals surface area contributed by atoms with Crippen molar-refractivity contribution < 1.29 is 18.7 Å². The Bertz CT molecular complexity index is 1170. The molecule has 0 aliphatic heterocycles. The molecule has 0 unspecified atom stereocenters. The molecule has 0 fully saturated rings. The van der Waals surface area contributed by atoms with Gasteiger partial charge in [0.1, 0.15) is 22.8 Å². The number of nitrogens with one attached hydrogen (secondary N) is 1. The number of ether oxygens (including phenoxy) is 2. The summed E-state index contributed by atoms with van der Waals surface area (Å²) in [6.45, 7) is 0.446. The highest BCUT2D eigenvalue weighted by atomic mass is 19.1. The predicted molar refractivity (Wildman–Crippen MR) is 103 cm³/mol. The smallest absolute Gasteiger partial charge is 0.153 e. The standard InChI is InChI=1S/C20H17FN4O3/c1-27-14-3-12(4-15(6-14)28-2)8-23-20-19-9-22-11-25(19)18-5-13(10-26)16(21)7-17(18)24-20/h3-7,9-11H,8H2,1-2H3,(H,23,24). The number of imidazole rings is 1. The zero-order valence-corrected chi connectivity index (χ0v) is 15.3. The van der Waals surface area contributed by atoms with Crippen LogP contribution in [0, 0.1) is 5.82 Å². The maximum absolute atomic E-state index is 14.1. The van der Waals surface area contributed by atoms with E-state index >= 15 is 0 Å². The van der Waals surface area contributed by atoms with Crippen molar-refractivity contribution in [2.45, 2.75) is 6.54 Å². The van der Waals surface area contributed by atoms with Gasteiger partial charge in [0, 0.05) is 18.7 Å². The van der Waals surface area contributed by atoms with E-state index < -0.39 is 5.82 Å². The van der Waals surface area contributed by atoms with Gasteiger partial charge in [0.25, 0.3) is 0 Å². The van der Waals surface area contributed by atoms with Gasteiger partial charge in [0.2, 0.25) is 0 Å². The molecule has 2 aromatic carbocycles. The van der Waals surface area contributed by atoms with Crippen molar-refractivity contribution in [1.82, 2.24) is 14.4 Å². The second kappa shape index (κ2) is 7.15. The van der Waals surface area contributed by atoms with Crippen LogP contribution in [-0.4, -0.2) is 34.9 Å². The van der Waals surface area contributed by atoms with Crippen LogP contribution in [0.4, 0.5) is 10.2 Å². The topological polar surface area (TPSA) is 77.8 Å². The summed E-state index contributed by atoms with van der Waals surface area (Å²) in [5.74, 6) is 1.30. The normalized spacial score (nSPS) is 11.0. The van der Waals surface area contributed by atoms with Crippen LogP contribution in [-0.2, 0) is 6.54 Å². The first-order valence-electron chi connectivity index (χ1n) is 8.49. The lowest BCUT2D eigenvalue weighted by molar-refractivity contribution is 0.112. The molecule has 0 amide bonds. The summed E-state index contributed by atoms with van der Waals surface area (Å²) in [5.41, 5.74) is 2.64. The number of nitrogens with zero attached hydrogens (tertiary/aromatic N) is 3. The average molecular weight is 380 g/mol. The minimum Gasteiger partial charge on any atom is -0.497 e. The Labute approximate surface area is 159 Å². The molecule has 2 aromatic heterocycles. The maximum Gasteiger partial charge on any atom is 0.153 e. The third-order valence-electron chi connectivity index (χ3n) is 4.46. The van der Waals surface area contributed by atoms with E-state index in [9.17, 15) is 9.18 Å². The SMILES string of the molecule is COc1cc(CNc2nc3cc(F)c(C=O)cc3n3cncc23)cc(OC)c1. The van der Waals surface area contributed by atoms with Crippen LogP contribution in [0.5, 0.6) is 11.5 Å². The molecule has 4 rings (SSSR count). The molecule has 0 atom stereocenters. The number of carbonyl (C=O) groups excluding carboxylic acids is 1. The molecule has 0 saturated carbocycles. The summed E-state index contributed by atoms with van der Waals surface area (Å²) >= 11 is 0. The molecule has 2 heterocycles. The number of halogens is 1. The fraction of sp³-hybridized carbons (Fsp3) is 0.150. The third-order valence-corrected chi connectivity index (χ3v) is 4.46. The van der Waals surface area contributed by atoms with Gasteiger partial charge in [-0.15, -0.1) is 0 Å². The predicted octanol–water partition coefficient (Wildman–Crippen LogP) is 3.46. The Hall–Kier alpha value is -3.68. The number of carbonyl (C=O) groups is 1. The van der Waals surface area contributed by atoms with Crippen LogP contribution in [0.15, 0.2) is 42.9 Å². The summed E-state index contributed by atoms with van der Waals surface area (Å²) in [4.78, 5) is 19.7. The molecule has 0 spiro atoms. The van der Waals surface area contributed by atoms with Gasteiger partial charge in [-0.3, -0.25) is 9.20 Å². The summed E-state index contributed by atoms with van der Waals surface area (Å²) in [7, 11) is 3.18. The lowest BCUT2D eigenvalue weighted by atomic mass is 10.2. The van der Waals surface area contributed by atoms with E-state index in [1.165, 1.54) is 12.1 Å². The van der Waals surface area contributed by atoms with E-state index in [4.69, 9.17) is 9.47 Å². The number of aldehydes is 1. The first-order valence-corrected chi connectivity index (χ1v) is 8.49. The Morgan fingerprint density at radius 1 is 1.11 bits per heavy atom. The summed E-state index contributed by atoms with van der Waals surface area (Å²) in [6, 6.07) is 8.29. The van der Waals surface area contributed by atoms with Gasteiger partial charge in [-0.2, -0.15) is 0 Å². The van der Waals surface area contributed by atoms with Crippen LogP contribution in [0.1, 0.15) is 15.9 Å². The van der Waals surface area contributed by atoms with E-state index in [-0.39, 0.29) is 5.56 Å². The second-order valence-corrected chi connectivity index (χ2v) is 6.16. The van der Waals surface area contributed by atoms with Crippen molar-refractivity contribution in [3.8, 4) is 11.5 Å². The summed E-state index contributed by atoms with van der Waals surface area (Å²) < 4.78 is 26.4. The van der Waals surface area contributed by atoms with E-state index in [2.05, 4.69) is 15.3 Å². The lowest BCUT2D eigenvalue weighted by Crippen LogP contribution is -2.05. The first-order chi connectivity index (χ1) is 13.6. The van der Waals surface area contributed by atoms with Gasteiger partial charge in [-0.05, 0) is 23.8 Å². The molecule has 0 aliphatic carbocycles. The van der Waals surface area contributed by atoms with Crippen LogP contribution in [0.25, 0.3) is 16.6 Å². The zero-order chi connectivity index (χ0) is 19.7. The minimum atomic E-state index is -0.613. The van der Waals surface area contributed by atoms with Crippen molar-refractivity contribution in [2.75, 3.05) is 19.5 Å². The lowest BCUT2D eigenvalue weighted by Gasteiger charge is -2.12. The number of aromatic nitrogens is 3. The van der Waals surface area contributed by atoms with Gasteiger partial charge in [0.15, 0.2) is 12.1 Å². The van der Waals surface area contributed by atoms with Gasteiger partial charge in [-0.25, -0.2) is 14.4 Å². The van der Waals surface area contributed by atoms with Crippen LogP contribution < -0.4 is 14.8 Å². The number of methoxy groups -OCH3 is 2. The number of anilines is 1. The zero-order valence-electron chi connectivity index (χ0n) is 15.3. The van der Waals surface area contributed by atoms with Crippen molar-refractivity contribution in [3.05, 3.63) is 59.8 Å². The monoisotopic (exact) mass is 380 g/mol. The molecule has 8 heteroatoms. The Morgan fingerprint density at radius 2 is 1.86 bits per heavy atom. The molecule has 0 saturated heterocycles. The van der Waals surface area contributed by atoms with E-state index in [0.29, 0.717) is 46.7 Å². The fourth-order valence-corrected chi connectivity index (χ4v) is 3.06. The van der Waals surface area contributed by atoms with Gasteiger partial charge >= 0.3 is 0 Å². The maximum atomic E-state index is 14.1. The quantitative estimate of drug-likeness (QED) is 0.516. The minimum absolute atomic E-state index is 0.0199. The highest BCUT2D eigenvalue weighted by Crippen LogP contribution is 2.26. The molecular formula is C20H17FN4O3. The highest BCUT2D eigenvalue weighted by molar-refractivity contribution is 5.89. The van der Waals surface area contributed by atoms with Gasteiger partial charge in [-0.1, -0.05) is 0 Å². The molecule has 4 aromatic rings. The van der Waals surface area contributed by atoms with Gasteiger partial charge < -0.3 is 14.8 Å². The summed E-state index contributed by atoms with van der Waals surface area (Å²) in [6.07, 6.45) is 3.75. The van der Waals surface area contributed by atoms with Gasteiger partial charge in [0.05, 0.1) is 43.3 Å². The largest absolute Gasteiger partial charge is 0.497 e. The van der Waals surface area contributed by atoms with Crippen LogP contribution >= 0.6 is 0 Å². The number of rotatable bonds is 6. The molecule has 1 N–H and O–H groups in total. The van der Waals surface area contributed by atoms with Crippen LogP contribution in [0.2, 0.25) is 0 Å². The molecule has 0 radical (unpaired) electrons. The second-order valence-electron chi connectivity index (χ2n) is 6.16. The highest BCUT2D eigenvalue weighted by Gasteiger charge is 2.12. The fourth-order valence-electron chi connectivity index (χ4n) is 3.06. The number of hydrogen-bond acceptors (Lipinski definition) is 6. The Balaban J connectivity index is 1.74. The van der Waals surface area contributed by atoms with Crippen molar-refractivity contribution >= 4 is 28.7 Å².